The number of nitro benzene ring substituents is 1. The Balaban J connectivity index is 3.05. The second-order valence-corrected chi connectivity index (χ2v) is 4.01. The lowest BCUT2D eigenvalue weighted by atomic mass is 10.1. The normalized spacial score (nSPS) is 12.2. The molecule has 88 valence electrons. The van der Waals surface area contributed by atoms with Crippen molar-refractivity contribution in [1.29, 1.82) is 0 Å². The van der Waals surface area contributed by atoms with Crippen LogP contribution >= 0.6 is 11.6 Å². The van der Waals surface area contributed by atoms with Crippen molar-refractivity contribution in [1.82, 2.24) is 0 Å². The van der Waals surface area contributed by atoms with Crippen LogP contribution < -0.4 is 5.32 Å². The van der Waals surface area contributed by atoms with Crippen LogP contribution in [0.2, 0.25) is 5.02 Å². The smallest absolute Gasteiger partial charge is 0.273 e. The van der Waals surface area contributed by atoms with Gasteiger partial charge in [0.2, 0.25) is 0 Å². The standard InChI is InChI=1S/C10H13ClN2O3/c1-6-3-9(12-7(2)5-14)8(11)4-10(6)13(15)16/h3-4,7,12,14H,5H2,1-2H3/t7-/m1/s1. The summed E-state index contributed by atoms with van der Waals surface area (Å²) in [5.41, 5.74) is 1.11. The molecule has 16 heavy (non-hydrogen) atoms. The monoisotopic (exact) mass is 244 g/mol. The van der Waals surface area contributed by atoms with Crippen LogP contribution in [0.1, 0.15) is 12.5 Å². The first kappa shape index (κ1) is 12.7. The number of nitrogens with zero attached hydrogens (tertiary/aromatic N) is 1. The highest BCUT2D eigenvalue weighted by molar-refractivity contribution is 6.33. The molecule has 0 aromatic heterocycles. The number of nitrogens with one attached hydrogen (secondary N) is 1. The van der Waals surface area contributed by atoms with Gasteiger partial charge in [-0.05, 0) is 19.9 Å². The van der Waals surface area contributed by atoms with Crippen molar-refractivity contribution in [2.24, 2.45) is 0 Å². The van der Waals surface area contributed by atoms with Crippen LogP contribution in [0.4, 0.5) is 11.4 Å². The molecule has 0 aliphatic heterocycles. The third kappa shape index (κ3) is 2.84. The van der Waals surface area contributed by atoms with Crippen molar-refractivity contribution >= 4 is 23.0 Å². The zero-order valence-corrected chi connectivity index (χ0v) is 9.78. The van der Waals surface area contributed by atoms with E-state index < -0.39 is 4.92 Å². The molecule has 0 fully saturated rings. The van der Waals surface area contributed by atoms with Gasteiger partial charge in [0.1, 0.15) is 0 Å². The van der Waals surface area contributed by atoms with E-state index in [4.69, 9.17) is 16.7 Å². The quantitative estimate of drug-likeness (QED) is 0.630. The molecule has 0 heterocycles. The van der Waals surface area contributed by atoms with E-state index in [0.717, 1.165) is 0 Å². The molecule has 1 rings (SSSR count). The summed E-state index contributed by atoms with van der Waals surface area (Å²) < 4.78 is 0. The molecule has 1 aromatic carbocycles. The summed E-state index contributed by atoms with van der Waals surface area (Å²) in [5, 5.41) is 22.8. The number of anilines is 1. The van der Waals surface area contributed by atoms with Gasteiger partial charge in [0, 0.05) is 17.7 Å². The Morgan fingerprint density at radius 1 is 1.62 bits per heavy atom. The lowest BCUT2D eigenvalue weighted by molar-refractivity contribution is -0.385. The predicted octanol–water partition coefficient (Wildman–Crippen LogP) is 2.35. The topological polar surface area (TPSA) is 75.4 Å². The molecule has 1 aromatic rings. The molecule has 0 bridgehead atoms. The molecular formula is C10H13ClN2O3. The van der Waals surface area contributed by atoms with Gasteiger partial charge >= 0.3 is 0 Å². The first-order valence-corrected chi connectivity index (χ1v) is 5.15. The van der Waals surface area contributed by atoms with E-state index in [1.165, 1.54) is 6.07 Å². The third-order valence-electron chi connectivity index (χ3n) is 2.16. The van der Waals surface area contributed by atoms with Crippen LogP contribution in [-0.4, -0.2) is 22.7 Å². The van der Waals surface area contributed by atoms with Crippen molar-refractivity contribution in [3.63, 3.8) is 0 Å². The summed E-state index contributed by atoms with van der Waals surface area (Å²) in [6, 6.07) is 2.76. The summed E-state index contributed by atoms with van der Waals surface area (Å²) in [4.78, 5) is 10.2. The van der Waals surface area contributed by atoms with Crippen molar-refractivity contribution in [2.45, 2.75) is 19.9 Å². The number of aliphatic hydroxyl groups excluding tert-OH is 1. The minimum atomic E-state index is -0.472. The SMILES string of the molecule is Cc1cc(N[C@H](C)CO)c(Cl)cc1[N+](=O)[O-]. The fourth-order valence-electron chi connectivity index (χ4n) is 1.29. The molecule has 0 aliphatic carbocycles. The van der Waals surface area contributed by atoms with Gasteiger partial charge < -0.3 is 10.4 Å². The van der Waals surface area contributed by atoms with E-state index in [0.29, 0.717) is 11.3 Å². The number of hydrogen-bond donors (Lipinski definition) is 2. The number of nitro groups is 1. The maximum Gasteiger partial charge on any atom is 0.273 e. The minimum Gasteiger partial charge on any atom is -0.394 e. The molecular weight excluding hydrogens is 232 g/mol. The number of rotatable bonds is 4. The first-order chi connectivity index (χ1) is 7.45. The highest BCUT2D eigenvalue weighted by atomic mass is 35.5. The summed E-state index contributed by atoms with van der Waals surface area (Å²) in [7, 11) is 0. The van der Waals surface area contributed by atoms with Crippen LogP contribution in [0.25, 0.3) is 0 Å². The van der Waals surface area contributed by atoms with Gasteiger partial charge in [0.05, 0.1) is 22.2 Å². The van der Waals surface area contributed by atoms with E-state index in [9.17, 15) is 10.1 Å². The summed E-state index contributed by atoms with van der Waals surface area (Å²) in [6.45, 7) is 3.39. The Hall–Kier alpha value is -1.33. The summed E-state index contributed by atoms with van der Waals surface area (Å²) in [5.74, 6) is 0. The molecule has 6 heteroatoms. The average molecular weight is 245 g/mol. The Labute approximate surface area is 98.2 Å². The number of aliphatic hydroxyl groups is 1. The van der Waals surface area contributed by atoms with Gasteiger partial charge in [-0.15, -0.1) is 0 Å². The van der Waals surface area contributed by atoms with E-state index in [1.54, 1.807) is 19.9 Å². The first-order valence-electron chi connectivity index (χ1n) is 4.77. The molecule has 1 atom stereocenters. The molecule has 0 amide bonds. The van der Waals surface area contributed by atoms with Gasteiger partial charge in [0.25, 0.3) is 5.69 Å². The van der Waals surface area contributed by atoms with Gasteiger partial charge in [0.15, 0.2) is 0 Å². The lowest BCUT2D eigenvalue weighted by Gasteiger charge is -2.14. The molecule has 2 N–H and O–H groups in total. The number of aryl methyl sites for hydroxylation is 1. The van der Waals surface area contributed by atoms with Gasteiger partial charge in [-0.2, -0.15) is 0 Å². The van der Waals surface area contributed by atoms with E-state index in [1.807, 2.05) is 0 Å². The zero-order valence-electron chi connectivity index (χ0n) is 9.03. The molecule has 0 unspecified atom stereocenters. The second-order valence-electron chi connectivity index (χ2n) is 3.60. The number of halogens is 1. The summed E-state index contributed by atoms with van der Waals surface area (Å²) >= 11 is 5.90. The highest BCUT2D eigenvalue weighted by Crippen LogP contribution is 2.30. The van der Waals surface area contributed by atoms with E-state index >= 15 is 0 Å². The van der Waals surface area contributed by atoms with Crippen LogP contribution in [0.15, 0.2) is 12.1 Å². The maximum atomic E-state index is 10.7. The Morgan fingerprint density at radius 3 is 2.75 bits per heavy atom. The van der Waals surface area contributed by atoms with Crippen molar-refractivity contribution in [2.75, 3.05) is 11.9 Å². The largest absolute Gasteiger partial charge is 0.394 e. The molecule has 0 saturated heterocycles. The molecule has 0 radical (unpaired) electrons. The van der Waals surface area contributed by atoms with Gasteiger partial charge in [-0.1, -0.05) is 11.6 Å². The zero-order chi connectivity index (χ0) is 12.3. The van der Waals surface area contributed by atoms with E-state index in [2.05, 4.69) is 5.32 Å². The summed E-state index contributed by atoms with van der Waals surface area (Å²) in [6.07, 6.45) is 0. The van der Waals surface area contributed by atoms with Gasteiger partial charge in [-0.25, -0.2) is 0 Å². The molecule has 0 aliphatic rings. The van der Waals surface area contributed by atoms with Crippen LogP contribution in [0.5, 0.6) is 0 Å². The minimum absolute atomic E-state index is 0.00722. The molecule has 0 spiro atoms. The highest BCUT2D eigenvalue weighted by Gasteiger charge is 2.15. The average Bonchev–Trinajstić information content (AvgIpc) is 2.22. The fourth-order valence-corrected chi connectivity index (χ4v) is 1.50. The van der Waals surface area contributed by atoms with Crippen molar-refractivity contribution < 1.29 is 10.0 Å². The van der Waals surface area contributed by atoms with Crippen LogP contribution in [0.3, 0.4) is 0 Å². The second kappa shape index (κ2) is 5.14. The lowest BCUT2D eigenvalue weighted by Crippen LogP contribution is -2.19. The van der Waals surface area contributed by atoms with E-state index in [-0.39, 0.29) is 23.4 Å². The molecule has 5 nitrogen and oxygen atoms in total. The van der Waals surface area contributed by atoms with Gasteiger partial charge in [-0.3, -0.25) is 10.1 Å². The van der Waals surface area contributed by atoms with Crippen LogP contribution in [0, 0.1) is 17.0 Å². The number of hydrogen-bond acceptors (Lipinski definition) is 4. The van der Waals surface area contributed by atoms with Crippen molar-refractivity contribution in [3.05, 3.63) is 32.8 Å². The molecule has 0 saturated carbocycles. The Kier molecular flexibility index (Phi) is 4.09. The van der Waals surface area contributed by atoms with Crippen LogP contribution in [-0.2, 0) is 0 Å². The Morgan fingerprint density at radius 2 is 2.25 bits per heavy atom. The fraction of sp³-hybridized carbons (Fsp3) is 0.400. The third-order valence-corrected chi connectivity index (χ3v) is 2.47. The van der Waals surface area contributed by atoms with Crippen molar-refractivity contribution in [3.8, 4) is 0 Å². The Bertz CT molecular complexity index is 409. The number of benzene rings is 1. The maximum absolute atomic E-state index is 10.7. The predicted molar refractivity (Wildman–Crippen MR) is 63.0 cm³/mol.